The summed E-state index contributed by atoms with van der Waals surface area (Å²) >= 11 is 0. The Bertz CT molecular complexity index is 679. The average molecular weight is 300 g/mol. The number of benzene rings is 2. The van der Waals surface area contributed by atoms with Crippen molar-refractivity contribution in [3.8, 4) is 5.75 Å². The van der Waals surface area contributed by atoms with E-state index in [1.54, 1.807) is 30.3 Å². The maximum atomic E-state index is 12.8. The van der Waals surface area contributed by atoms with Crippen LogP contribution in [0.1, 0.15) is 32.2 Å². The molecule has 22 heavy (non-hydrogen) atoms. The monoisotopic (exact) mass is 300 g/mol. The highest BCUT2D eigenvalue weighted by Gasteiger charge is 2.28. The Kier molecular flexibility index (Phi) is 4.91. The highest BCUT2D eigenvalue weighted by atomic mass is 16.5. The van der Waals surface area contributed by atoms with Crippen molar-refractivity contribution in [2.45, 2.75) is 5.92 Å². The molecule has 0 aromatic heterocycles. The van der Waals surface area contributed by atoms with Crippen LogP contribution < -0.4 is 4.74 Å². The maximum absolute atomic E-state index is 12.8. The number of carboxylic acid groups (broad SMARTS) is 1. The summed E-state index contributed by atoms with van der Waals surface area (Å²) in [6, 6.07) is 13.1. The smallest absolute Gasteiger partial charge is 0.336 e. The van der Waals surface area contributed by atoms with Crippen LogP contribution in [0.3, 0.4) is 0 Å². The number of ether oxygens (including phenoxy) is 1. The van der Waals surface area contributed by atoms with Gasteiger partial charge in [0.15, 0.2) is 5.78 Å². The van der Waals surface area contributed by atoms with Crippen LogP contribution in [0.5, 0.6) is 5.75 Å². The topological polar surface area (TPSA) is 83.8 Å². The molecule has 2 aromatic rings. The second-order valence-electron chi connectivity index (χ2n) is 4.70. The fourth-order valence-electron chi connectivity index (χ4n) is 2.33. The minimum absolute atomic E-state index is 0.0274. The molecule has 0 amide bonds. The van der Waals surface area contributed by atoms with Crippen molar-refractivity contribution in [1.29, 1.82) is 0 Å². The second kappa shape index (κ2) is 6.87. The molecule has 0 spiro atoms. The van der Waals surface area contributed by atoms with Crippen LogP contribution in [-0.4, -0.2) is 35.7 Å². The van der Waals surface area contributed by atoms with Gasteiger partial charge in [0.1, 0.15) is 5.75 Å². The van der Waals surface area contributed by atoms with Crippen LogP contribution in [0.15, 0.2) is 48.5 Å². The number of aromatic carboxylic acids is 1. The predicted octanol–water partition coefficient (Wildman–Crippen LogP) is 2.35. The van der Waals surface area contributed by atoms with Crippen LogP contribution in [0.2, 0.25) is 0 Å². The van der Waals surface area contributed by atoms with Crippen LogP contribution in [0.4, 0.5) is 0 Å². The number of aliphatic hydroxyl groups excluding tert-OH is 1. The summed E-state index contributed by atoms with van der Waals surface area (Å²) < 4.78 is 5.12. The summed E-state index contributed by atoms with van der Waals surface area (Å²) in [6.07, 6.45) is 0. The Morgan fingerprint density at radius 2 is 1.77 bits per heavy atom. The van der Waals surface area contributed by atoms with Crippen molar-refractivity contribution in [2.75, 3.05) is 13.7 Å². The summed E-state index contributed by atoms with van der Waals surface area (Å²) in [5.41, 5.74) is 0.455. The zero-order valence-electron chi connectivity index (χ0n) is 12.0. The first-order valence-corrected chi connectivity index (χ1v) is 6.70. The molecule has 2 N–H and O–H groups in total. The van der Waals surface area contributed by atoms with Crippen molar-refractivity contribution < 1.29 is 24.5 Å². The quantitative estimate of drug-likeness (QED) is 0.800. The lowest BCUT2D eigenvalue weighted by atomic mass is 9.88. The molecule has 0 aliphatic heterocycles. The highest BCUT2D eigenvalue weighted by Crippen LogP contribution is 2.29. The van der Waals surface area contributed by atoms with Crippen molar-refractivity contribution in [2.24, 2.45) is 0 Å². The van der Waals surface area contributed by atoms with Gasteiger partial charge in [0.05, 0.1) is 30.8 Å². The number of carboxylic acids is 1. The van der Waals surface area contributed by atoms with Gasteiger partial charge in [-0.2, -0.15) is 0 Å². The van der Waals surface area contributed by atoms with Crippen molar-refractivity contribution in [1.82, 2.24) is 0 Å². The van der Waals surface area contributed by atoms with Gasteiger partial charge in [-0.05, 0) is 17.7 Å². The first-order chi connectivity index (χ1) is 10.6. The largest absolute Gasteiger partial charge is 0.496 e. The number of aliphatic hydroxyl groups is 1. The predicted molar refractivity (Wildman–Crippen MR) is 80.6 cm³/mol. The maximum Gasteiger partial charge on any atom is 0.336 e. The highest BCUT2D eigenvalue weighted by molar-refractivity contribution is 6.10. The lowest BCUT2D eigenvalue weighted by Gasteiger charge is -2.17. The van der Waals surface area contributed by atoms with Crippen molar-refractivity contribution >= 4 is 11.8 Å². The van der Waals surface area contributed by atoms with E-state index in [4.69, 9.17) is 4.74 Å². The average Bonchev–Trinajstić information content (AvgIpc) is 2.55. The molecule has 0 bridgehead atoms. The second-order valence-corrected chi connectivity index (χ2v) is 4.70. The van der Waals surface area contributed by atoms with Gasteiger partial charge in [-0.1, -0.05) is 36.4 Å². The van der Waals surface area contributed by atoms with E-state index in [1.165, 1.54) is 25.3 Å². The Morgan fingerprint density at radius 3 is 2.32 bits per heavy atom. The van der Waals surface area contributed by atoms with E-state index >= 15 is 0 Å². The van der Waals surface area contributed by atoms with Gasteiger partial charge in [-0.15, -0.1) is 0 Å². The molecule has 0 saturated carbocycles. The normalized spacial score (nSPS) is 11.7. The minimum atomic E-state index is -1.22. The molecule has 0 aliphatic rings. The number of hydrogen-bond donors (Lipinski definition) is 2. The molecule has 0 aliphatic carbocycles. The molecule has 0 saturated heterocycles. The summed E-state index contributed by atoms with van der Waals surface area (Å²) in [5, 5.41) is 18.9. The molecule has 114 valence electrons. The SMILES string of the molecule is COc1cccc(C(=O)O)c1C(=O)C(CO)c1ccccc1. The minimum Gasteiger partial charge on any atom is -0.496 e. The van der Waals surface area contributed by atoms with Crippen LogP contribution in [0.25, 0.3) is 0 Å². The molecule has 0 radical (unpaired) electrons. The Morgan fingerprint density at radius 1 is 1.09 bits per heavy atom. The molecule has 5 nitrogen and oxygen atoms in total. The first kappa shape index (κ1) is 15.7. The van der Waals surface area contributed by atoms with Gasteiger partial charge >= 0.3 is 5.97 Å². The summed E-state index contributed by atoms with van der Waals surface area (Å²) in [4.78, 5) is 24.1. The van der Waals surface area contributed by atoms with E-state index in [2.05, 4.69) is 0 Å². The Labute approximate surface area is 127 Å². The third-order valence-corrected chi connectivity index (χ3v) is 3.42. The van der Waals surface area contributed by atoms with Gasteiger partial charge in [-0.3, -0.25) is 4.79 Å². The molecule has 1 unspecified atom stereocenters. The van der Waals surface area contributed by atoms with E-state index < -0.39 is 24.3 Å². The Balaban J connectivity index is 2.54. The van der Waals surface area contributed by atoms with E-state index in [0.29, 0.717) is 5.56 Å². The Hall–Kier alpha value is -2.66. The summed E-state index contributed by atoms with van der Waals surface area (Å²) in [7, 11) is 1.37. The van der Waals surface area contributed by atoms with E-state index in [0.717, 1.165) is 0 Å². The third-order valence-electron chi connectivity index (χ3n) is 3.42. The fourth-order valence-corrected chi connectivity index (χ4v) is 2.33. The number of ketones is 1. The van der Waals surface area contributed by atoms with Gasteiger partial charge in [-0.25, -0.2) is 4.79 Å². The number of methoxy groups -OCH3 is 1. The van der Waals surface area contributed by atoms with Crippen LogP contribution in [-0.2, 0) is 0 Å². The molecule has 5 heteroatoms. The van der Waals surface area contributed by atoms with E-state index in [9.17, 15) is 19.8 Å². The van der Waals surface area contributed by atoms with E-state index in [-0.39, 0.29) is 16.9 Å². The number of rotatable bonds is 6. The van der Waals surface area contributed by atoms with Gasteiger partial charge in [0, 0.05) is 0 Å². The zero-order valence-corrected chi connectivity index (χ0v) is 12.0. The lowest BCUT2D eigenvalue weighted by molar-refractivity contribution is 0.0689. The number of hydrogen-bond acceptors (Lipinski definition) is 4. The molecule has 0 fully saturated rings. The number of carbonyl (C=O) groups excluding carboxylic acids is 1. The summed E-state index contributed by atoms with van der Waals surface area (Å²) in [5.74, 6) is -2.36. The van der Waals surface area contributed by atoms with Gasteiger partial charge in [0.25, 0.3) is 0 Å². The molecule has 2 rings (SSSR count). The molecule has 0 heterocycles. The van der Waals surface area contributed by atoms with E-state index in [1.807, 2.05) is 0 Å². The first-order valence-electron chi connectivity index (χ1n) is 6.70. The molecular formula is C17H16O5. The fraction of sp³-hybridized carbons (Fsp3) is 0.176. The van der Waals surface area contributed by atoms with Crippen LogP contribution in [0, 0.1) is 0 Å². The lowest BCUT2D eigenvalue weighted by Crippen LogP contribution is -2.20. The molecule has 2 aromatic carbocycles. The third kappa shape index (κ3) is 2.99. The number of Topliss-reactive ketones (excluding diaryl/α,β-unsaturated/α-hetero) is 1. The van der Waals surface area contributed by atoms with Crippen molar-refractivity contribution in [3.63, 3.8) is 0 Å². The van der Waals surface area contributed by atoms with Crippen LogP contribution >= 0.6 is 0 Å². The molecule has 1 atom stereocenters. The molecular weight excluding hydrogens is 284 g/mol. The number of carbonyl (C=O) groups is 2. The summed E-state index contributed by atoms with van der Waals surface area (Å²) in [6.45, 7) is -0.417. The zero-order chi connectivity index (χ0) is 16.1. The van der Waals surface area contributed by atoms with Gasteiger partial charge in [0.2, 0.25) is 0 Å². The standard InChI is InChI=1S/C17H16O5/c1-22-14-9-5-8-12(17(20)21)15(14)16(19)13(10-18)11-6-3-2-4-7-11/h2-9,13,18H,10H2,1H3,(H,20,21). The van der Waals surface area contributed by atoms with Gasteiger partial charge < -0.3 is 14.9 Å². The van der Waals surface area contributed by atoms with Crippen molar-refractivity contribution in [3.05, 3.63) is 65.2 Å².